The Morgan fingerprint density at radius 3 is 2.33 bits per heavy atom. The number of anilines is 1. The standard InChI is InChI=1S/C33H24F2N4O3/c34-24-4-1-20(2-5-24)16-30(40)33(9-10-33)31(41)17-21-3-6-28(27(35)15-21)42-29-7-11-38-39-12-8-26(32(29)39)23-13-22(19-36)14-25(37)18-23/h1-8,11-15,18H,9-10,16-17,37H2. The summed E-state index contributed by atoms with van der Waals surface area (Å²) in [5.74, 6) is -1.24. The van der Waals surface area contributed by atoms with Crippen LogP contribution in [0.15, 0.2) is 85.2 Å². The lowest BCUT2D eigenvalue weighted by Crippen LogP contribution is -2.28. The van der Waals surface area contributed by atoms with Crippen molar-refractivity contribution in [1.29, 1.82) is 5.26 Å². The Kier molecular flexibility index (Phi) is 6.75. The fourth-order valence-corrected chi connectivity index (χ4v) is 5.21. The summed E-state index contributed by atoms with van der Waals surface area (Å²) in [5, 5.41) is 13.7. The van der Waals surface area contributed by atoms with Gasteiger partial charge in [0, 0.05) is 36.4 Å². The first kappa shape index (κ1) is 26.8. The summed E-state index contributed by atoms with van der Waals surface area (Å²) in [5.41, 5.74) is 8.76. The molecule has 0 saturated heterocycles. The summed E-state index contributed by atoms with van der Waals surface area (Å²) in [4.78, 5) is 26.1. The molecule has 42 heavy (non-hydrogen) atoms. The van der Waals surface area contributed by atoms with Gasteiger partial charge in [-0.15, -0.1) is 0 Å². The first-order chi connectivity index (χ1) is 20.3. The van der Waals surface area contributed by atoms with Crippen molar-refractivity contribution in [3.8, 4) is 28.7 Å². The average Bonchev–Trinajstić information content (AvgIpc) is 3.68. The SMILES string of the molecule is N#Cc1cc(N)cc(-c2ccn3nccc(Oc4ccc(CC(=O)C5(C(=O)Cc6ccc(F)cc6)CC5)cc4F)c23)c1. The monoisotopic (exact) mass is 562 g/mol. The van der Waals surface area contributed by atoms with Crippen molar-refractivity contribution in [2.24, 2.45) is 5.41 Å². The number of ketones is 2. The van der Waals surface area contributed by atoms with Crippen molar-refractivity contribution < 1.29 is 23.1 Å². The molecule has 0 atom stereocenters. The first-order valence-corrected chi connectivity index (χ1v) is 13.3. The fourth-order valence-electron chi connectivity index (χ4n) is 5.21. The quantitative estimate of drug-likeness (QED) is 0.168. The third kappa shape index (κ3) is 5.10. The lowest BCUT2D eigenvalue weighted by molar-refractivity contribution is -0.133. The molecule has 2 aromatic heterocycles. The number of nitrogens with two attached hydrogens (primary N) is 1. The number of aromatic nitrogens is 2. The zero-order chi connectivity index (χ0) is 29.4. The molecule has 1 saturated carbocycles. The molecular weight excluding hydrogens is 538 g/mol. The highest BCUT2D eigenvalue weighted by Gasteiger charge is 2.54. The maximum atomic E-state index is 15.3. The molecule has 0 amide bonds. The summed E-state index contributed by atoms with van der Waals surface area (Å²) in [6.07, 6.45) is 4.11. The molecule has 0 aliphatic heterocycles. The molecule has 7 nitrogen and oxygen atoms in total. The van der Waals surface area contributed by atoms with Crippen LogP contribution in [0.4, 0.5) is 14.5 Å². The van der Waals surface area contributed by atoms with E-state index in [0.717, 1.165) is 0 Å². The van der Waals surface area contributed by atoms with Crippen molar-refractivity contribution in [3.63, 3.8) is 0 Å². The van der Waals surface area contributed by atoms with E-state index in [1.54, 1.807) is 47.1 Å². The van der Waals surface area contributed by atoms with Crippen LogP contribution in [0.2, 0.25) is 0 Å². The minimum Gasteiger partial charge on any atom is -0.452 e. The normalized spacial score (nSPS) is 13.5. The Morgan fingerprint density at radius 1 is 0.929 bits per heavy atom. The van der Waals surface area contributed by atoms with E-state index in [1.165, 1.54) is 42.6 Å². The number of nitrogens with zero attached hydrogens (tertiary/aromatic N) is 3. The van der Waals surface area contributed by atoms with Gasteiger partial charge in [0.1, 0.15) is 11.3 Å². The molecule has 0 bridgehead atoms. The number of carbonyl (C=O) groups excluding carboxylic acids is 2. The Hall–Kier alpha value is -5.36. The number of benzene rings is 3. The second-order valence-electron chi connectivity index (χ2n) is 10.4. The van der Waals surface area contributed by atoms with Crippen molar-refractivity contribution in [2.75, 3.05) is 5.73 Å². The summed E-state index contributed by atoms with van der Waals surface area (Å²) >= 11 is 0. The number of halogens is 2. The first-order valence-electron chi connectivity index (χ1n) is 13.3. The number of ether oxygens (including phenoxy) is 1. The lowest BCUT2D eigenvalue weighted by atomic mass is 9.88. The van der Waals surface area contributed by atoms with E-state index in [0.29, 0.717) is 57.6 Å². The van der Waals surface area contributed by atoms with Crippen LogP contribution < -0.4 is 10.5 Å². The molecule has 2 N–H and O–H groups in total. The minimum atomic E-state index is -1.07. The van der Waals surface area contributed by atoms with E-state index in [-0.39, 0.29) is 30.2 Å². The number of hydrogen-bond donors (Lipinski definition) is 1. The largest absolute Gasteiger partial charge is 0.452 e. The Bertz CT molecular complexity index is 1900. The van der Waals surface area contributed by atoms with Crippen LogP contribution in [-0.2, 0) is 22.4 Å². The minimum absolute atomic E-state index is 0.0443. The van der Waals surface area contributed by atoms with Gasteiger partial charge in [0.25, 0.3) is 0 Å². The predicted molar refractivity (Wildman–Crippen MR) is 152 cm³/mol. The van der Waals surface area contributed by atoms with Crippen LogP contribution in [0.1, 0.15) is 29.5 Å². The molecule has 9 heteroatoms. The zero-order valence-electron chi connectivity index (χ0n) is 22.3. The fraction of sp³-hybridized carbons (Fsp3) is 0.152. The summed E-state index contributed by atoms with van der Waals surface area (Å²) < 4.78 is 36.0. The number of nitriles is 1. The van der Waals surface area contributed by atoms with Crippen molar-refractivity contribution in [3.05, 3.63) is 114 Å². The molecule has 0 unspecified atom stereocenters. The number of carbonyl (C=O) groups is 2. The van der Waals surface area contributed by atoms with Crippen LogP contribution in [0.5, 0.6) is 11.5 Å². The topological polar surface area (TPSA) is 110 Å². The molecule has 5 aromatic rings. The van der Waals surface area contributed by atoms with Gasteiger partial charge in [0.15, 0.2) is 28.9 Å². The number of Topliss-reactive ketones (excluding diaryl/α,β-unsaturated/α-hetero) is 2. The maximum absolute atomic E-state index is 15.3. The van der Waals surface area contributed by atoms with Gasteiger partial charge in [-0.05, 0) is 78.1 Å². The summed E-state index contributed by atoms with van der Waals surface area (Å²) in [6.45, 7) is 0. The molecular formula is C33H24F2N4O3. The molecule has 6 rings (SSSR count). The second-order valence-corrected chi connectivity index (χ2v) is 10.4. The van der Waals surface area contributed by atoms with Crippen LogP contribution in [0.3, 0.4) is 0 Å². The van der Waals surface area contributed by atoms with Gasteiger partial charge in [-0.25, -0.2) is 13.3 Å². The number of hydrogen-bond acceptors (Lipinski definition) is 6. The van der Waals surface area contributed by atoms with Crippen LogP contribution in [0.25, 0.3) is 16.6 Å². The van der Waals surface area contributed by atoms with Crippen LogP contribution in [0, 0.1) is 28.4 Å². The smallest absolute Gasteiger partial charge is 0.166 e. The van der Waals surface area contributed by atoms with Crippen LogP contribution in [-0.4, -0.2) is 21.2 Å². The van der Waals surface area contributed by atoms with E-state index in [1.807, 2.05) is 0 Å². The van der Waals surface area contributed by atoms with Gasteiger partial charge in [0.2, 0.25) is 0 Å². The molecule has 1 fully saturated rings. The Balaban J connectivity index is 1.21. The summed E-state index contributed by atoms with van der Waals surface area (Å²) in [7, 11) is 0. The molecule has 0 spiro atoms. The number of nitrogen functional groups attached to an aromatic ring is 1. The van der Waals surface area contributed by atoms with Gasteiger partial charge in [-0.1, -0.05) is 18.2 Å². The van der Waals surface area contributed by atoms with Gasteiger partial charge >= 0.3 is 0 Å². The van der Waals surface area contributed by atoms with Gasteiger partial charge in [0.05, 0.1) is 23.2 Å². The van der Waals surface area contributed by atoms with Crippen molar-refractivity contribution in [1.82, 2.24) is 9.61 Å². The predicted octanol–water partition coefficient (Wildman–Crippen LogP) is 6.23. The summed E-state index contributed by atoms with van der Waals surface area (Å²) in [6, 6.07) is 20.4. The highest BCUT2D eigenvalue weighted by molar-refractivity contribution is 6.11. The molecule has 1 aliphatic rings. The number of rotatable bonds is 9. The number of fused-ring (bicyclic) bond motifs is 1. The highest BCUT2D eigenvalue weighted by atomic mass is 19.1. The molecule has 0 radical (unpaired) electrons. The van der Waals surface area contributed by atoms with Crippen LogP contribution >= 0.6 is 0 Å². The molecule has 208 valence electrons. The average molecular weight is 563 g/mol. The second kappa shape index (κ2) is 10.6. The van der Waals surface area contributed by atoms with Gasteiger partial charge < -0.3 is 10.5 Å². The van der Waals surface area contributed by atoms with E-state index in [2.05, 4.69) is 11.2 Å². The lowest BCUT2D eigenvalue weighted by Gasteiger charge is -2.14. The molecule has 1 aliphatic carbocycles. The van der Waals surface area contributed by atoms with Gasteiger partial charge in [-0.2, -0.15) is 10.4 Å². The van der Waals surface area contributed by atoms with E-state index < -0.39 is 17.0 Å². The Morgan fingerprint density at radius 2 is 1.64 bits per heavy atom. The van der Waals surface area contributed by atoms with Crippen molar-refractivity contribution in [2.45, 2.75) is 25.7 Å². The molecule has 2 heterocycles. The van der Waals surface area contributed by atoms with Gasteiger partial charge in [-0.3, -0.25) is 9.59 Å². The third-order valence-corrected chi connectivity index (χ3v) is 7.59. The highest BCUT2D eigenvalue weighted by Crippen LogP contribution is 2.49. The third-order valence-electron chi connectivity index (χ3n) is 7.59. The van der Waals surface area contributed by atoms with Crippen molar-refractivity contribution >= 4 is 22.8 Å². The Labute approximate surface area is 239 Å². The van der Waals surface area contributed by atoms with E-state index in [4.69, 9.17) is 10.5 Å². The van der Waals surface area contributed by atoms with E-state index >= 15 is 4.39 Å². The molecule has 3 aromatic carbocycles. The zero-order valence-corrected chi connectivity index (χ0v) is 22.3. The van der Waals surface area contributed by atoms with E-state index in [9.17, 15) is 19.2 Å². The maximum Gasteiger partial charge on any atom is 0.166 e.